The Balaban J connectivity index is 2.50. The van der Waals surface area contributed by atoms with E-state index in [1.54, 1.807) is 0 Å². The molecule has 110 valence electrons. The minimum atomic E-state index is -4.16. The highest BCUT2D eigenvalue weighted by Gasteiger charge is 2.39. The van der Waals surface area contributed by atoms with Gasteiger partial charge in [0.25, 0.3) is 0 Å². The average Bonchev–Trinajstić information content (AvgIpc) is 2.70. The summed E-state index contributed by atoms with van der Waals surface area (Å²) in [5.74, 6) is -2.28. The van der Waals surface area contributed by atoms with Crippen LogP contribution in [-0.4, -0.2) is 47.6 Å². The van der Waals surface area contributed by atoms with Gasteiger partial charge in [0, 0.05) is 13.1 Å². The highest BCUT2D eigenvalue weighted by Crippen LogP contribution is 2.28. The van der Waals surface area contributed by atoms with Crippen LogP contribution in [0.3, 0.4) is 0 Å². The Morgan fingerprint density at radius 2 is 2.10 bits per heavy atom. The Morgan fingerprint density at radius 1 is 1.45 bits per heavy atom. The predicted octanol–water partition coefficient (Wildman–Crippen LogP) is 0.669. The molecule has 0 aromatic heterocycles. The first-order valence-corrected chi connectivity index (χ1v) is 7.33. The smallest absolute Gasteiger partial charge is 0.337 e. The van der Waals surface area contributed by atoms with E-state index in [0.29, 0.717) is 6.07 Å². The van der Waals surface area contributed by atoms with Crippen LogP contribution in [0.25, 0.3) is 0 Å². The van der Waals surface area contributed by atoms with Crippen LogP contribution < -0.4 is 0 Å². The summed E-state index contributed by atoms with van der Waals surface area (Å²) < 4.78 is 39.0. The third-order valence-corrected chi connectivity index (χ3v) is 5.09. The van der Waals surface area contributed by atoms with Gasteiger partial charge in [-0.3, -0.25) is 0 Å². The molecule has 20 heavy (non-hydrogen) atoms. The topological polar surface area (TPSA) is 94.9 Å². The van der Waals surface area contributed by atoms with E-state index in [4.69, 9.17) is 5.11 Å². The number of carbonyl (C=O) groups is 1. The zero-order valence-corrected chi connectivity index (χ0v) is 11.5. The number of rotatable bonds is 3. The number of halogens is 1. The number of carboxylic acid groups (broad SMARTS) is 1. The summed E-state index contributed by atoms with van der Waals surface area (Å²) in [6.07, 6.45) is 0.240. The molecule has 0 aliphatic carbocycles. The van der Waals surface area contributed by atoms with Gasteiger partial charge >= 0.3 is 5.97 Å². The van der Waals surface area contributed by atoms with E-state index < -0.39 is 37.9 Å². The van der Waals surface area contributed by atoms with Crippen molar-refractivity contribution in [1.29, 1.82) is 0 Å². The normalized spacial score (nSPS) is 23.9. The zero-order chi connectivity index (χ0) is 15.1. The molecular weight excluding hydrogens is 289 g/mol. The predicted molar refractivity (Wildman–Crippen MR) is 67.4 cm³/mol. The second kappa shape index (κ2) is 4.80. The lowest BCUT2D eigenvalue weighted by Gasteiger charge is -2.19. The number of nitrogens with zero attached hydrogens (tertiary/aromatic N) is 1. The van der Waals surface area contributed by atoms with Crippen LogP contribution in [0.4, 0.5) is 4.39 Å². The van der Waals surface area contributed by atoms with Crippen LogP contribution in [0.5, 0.6) is 0 Å². The lowest BCUT2D eigenvalue weighted by Crippen LogP contribution is -2.34. The highest BCUT2D eigenvalue weighted by atomic mass is 32.2. The van der Waals surface area contributed by atoms with Gasteiger partial charge in [0.1, 0.15) is 5.82 Å². The molecule has 0 amide bonds. The molecule has 1 fully saturated rings. The van der Waals surface area contributed by atoms with E-state index in [0.717, 1.165) is 16.4 Å². The van der Waals surface area contributed by atoms with E-state index in [1.807, 2.05) is 0 Å². The van der Waals surface area contributed by atoms with E-state index in [1.165, 1.54) is 6.92 Å². The fraction of sp³-hybridized carbons (Fsp3) is 0.417. The first kappa shape index (κ1) is 14.9. The molecule has 0 spiro atoms. The van der Waals surface area contributed by atoms with Gasteiger partial charge < -0.3 is 10.2 Å². The third kappa shape index (κ3) is 2.67. The molecular formula is C12H14FNO5S. The molecule has 2 N–H and O–H groups in total. The fourth-order valence-electron chi connectivity index (χ4n) is 2.13. The number of carboxylic acids is 1. The molecule has 1 aromatic carbocycles. The molecule has 6 nitrogen and oxygen atoms in total. The second-order valence-electron chi connectivity index (χ2n) is 5.03. The number of hydrogen-bond acceptors (Lipinski definition) is 4. The van der Waals surface area contributed by atoms with Gasteiger partial charge in [-0.15, -0.1) is 0 Å². The summed E-state index contributed by atoms with van der Waals surface area (Å²) in [7, 11) is -4.16. The van der Waals surface area contributed by atoms with Crippen LogP contribution in [0, 0.1) is 5.82 Å². The molecule has 0 radical (unpaired) electrons. The minimum absolute atomic E-state index is 0.0604. The van der Waals surface area contributed by atoms with E-state index in [-0.39, 0.29) is 19.5 Å². The van der Waals surface area contributed by atoms with Crippen molar-refractivity contribution >= 4 is 16.0 Å². The lowest BCUT2D eigenvalue weighted by atomic mass is 10.1. The van der Waals surface area contributed by atoms with E-state index >= 15 is 0 Å². The minimum Gasteiger partial charge on any atom is -0.478 e. The van der Waals surface area contributed by atoms with Gasteiger partial charge in [-0.1, -0.05) is 0 Å². The lowest BCUT2D eigenvalue weighted by molar-refractivity contribution is 0.0692. The molecule has 1 saturated heterocycles. The first-order chi connectivity index (χ1) is 9.13. The first-order valence-electron chi connectivity index (χ1n) is 5.89. The summed E-state index contributed by atoms with van der Waals surface area (Å²) in [6, 6.07) is 2.49. The van der Waals surface area contributed by atoms with Crippen molar-refractivity contribution in [3.05, 3.63) is 29.6 Å². The van der Waals surface area contributed by atoms with Crippen molar-refractivity contribution < 1.29 is 27.8 Å². The van der Waals surface area contributed by atoms with Crippen molar-refractivity contribution in [2.75, 3.05) is 13.1 Å². The molecule has 2 rings (SSSR count). The molecule has 0 bridgehead atoms. The largest absolute Gasteiger partial charge is 0.478 e. The van der Waals surface area contributed by atoms with Crippen molar-refractivity contribution in [3.63, 3.8) is 0 Å². The quantitative estimate of drug-likeness (QED) is 0.856. The Bertz CT molecular complexity index is 656. The van der Waals surface area contributed by atoms with Gasteiger partial charge in [0.05, 0.1) is 16.1 Å². The van der Waals surface area contributed by atoms with Crippen molar-refractivity contribution in [1.82, 2.24) is 4.31 Å². The summed E-state index contributed by atoms with van der Waals surface area (Å²) in [6.45, 7) is 1.40. The summed E-state index contributed by atoms with van der Waals surface area (Å²) in [4.78, 5) is 10.5. The highest BCUT2D eigenvalue weighted by molar-refractivity contribution is 7.89. The Kier molecular flexibility index (Phi) is 3.57. The van der Waals surface area contributed by atoms with Crippen molar-refractivity contribution in [3.8, 4) is 0 Å². The van der Waals surface area contributed by atoms with Crippen LogP contribution in [0.2, 0.25) is 0 Å². The molecule has 1 aliphatic rings. The van der Waals surface area contributed by atoms with Crippen molar-refractivity contribution in [2.45, 2.75) is 23.8 Å². The maximum atomic E-state index is 13.3. The Morgan fingerprint density at radius 3 is 2.60 bits per heavy atom. The number of benzene rings is 1. The van der Waals surface area contributed by atoms with E-state index in [2.05, 4.69) is 0 Å². The van der Waals surface area contributed by atoms with Crippen molar-refractivity contribution in [2.24, 2.45) is 0 Å². The average molecular weight is 303 g/mol. The maximum absolute atomic E-state index is 13.3. The molecule has 1 aliphatic heterocycles. The van der Waals surface area contributed by atoms with E-state index in [9.17, 15) is 22.7 Å². The van der Waals surface area contributed by atoms with Gasteiger partial charge in [-0.25, -0.2) is 17.6 Å². The van der Waals surface area contributed by atoms with Gasteiger partial charge in [-0.2, -0.15) is 4.31 Å². The number of β-amino-alcohol motifs (C(OH)–C–C–N with tert-alkyl or cyclic N) is 1. The molecule has 0 saturated carbocycles. The van der Waals surface area contributed by atoms with Gasteiger partial charge in [-0.05, 0) is 31.5 Å². The molecule has 1 aromatic rings. The van der Waals surface area contributed by atoms with Crippen LogP contribution in [0.1, 0.15) is 23.7 Å². The standard InChI is InChI=1S/C12H14FNO5S/c1-12(17)4-5-14(7-12)20(18,19)10-6-8(13)2-3-9(10)11(15)16/h2-3,6,17H,4-5,7H2,1H3,(H,15,16). The van der Waals surface area contributed by atoms with Crippen LogP contribution in [-0.2, 0) is 10.0 Å². The molecule has 1 atom stereocenters. The Labute approximate surface area is 115 Å². The SMILES string of the molecule is CC1(O)CCN(S(=O)(=O)c2cc(F)ccc2C(=O)O)C1. The van der Waals surface area contributed by atoms with Gasteiger partial charge in [0.15, 0.2) is 0 Å². The monoisotopic (exact) mass is 303 g/mol. The third-order valence-electron chi connectivity index (χ3n) is 3.21. The molecule has 1 unspecified atom stereocenters. The summed E-state index contributed by atoms with van der Waals surface area (Å²) in [5, 5.41) is 18.8. The zero-order valence-electron chi connectivity index (χ0n) is 10.7. The molecule has 8 heteroatoms. The second-order valence-corrected chi connectivity index (χ2v) is 6.94. The van der Waals surface area contributed by atoms with Crippen LogP contribution in [0.15, 0.2) is 23.1 Å². The van der Waals surface area contributed by atoms with Gasteiger partial charge in [0.2, 0.25) is 10.0 Å². The number of sulfonamides is 1. The summed E-state index contributed by atoms with van der Waals surface area (Å²) >= 11 is 0. The molecule has 1 heterocycles. The number of aliphatic hydroxyl groups is 1. The van der Waals surface area contributed by atoms with Crippen LogP contribution >= 0.6 is 0 Å². The number of hydrogen-bond donors (Lipinski definition) is 2. The fourth-order valence-corrected chi connectivity index (χ4v) is 3.89. The summed E-state index contributed by atoms with van der Waals surface area (Å²) in [5.41, 5.74) is -1.65. The Hall–Kier alpha value is -1.51. The maximum Gasteiger partial charge on any atom is 0.337 e. The number of aromatic carboxylic acids is 1.